The Hall–Kier alpha value is -1.69. The van der Waals surface area contributed by atoms with Gasteiger partial charge in [-0.25, -0.2) is 4.39 Å². The Labute approximate surface area is 91.8 Å². The van der Waals surface area contributed by atoms with Crippen LogP contribution in [-0.2, 0) is 6.42 Å². The van der Waals surface area contributed by atoms with Crippen molar-refractivity contribution < 1.29 is 14.4 Å². The molecular formula is C10H13FN2O3. The lowest BCUT2D eigenvalue weighted by Gasteiger charge is -2.04. The van der Waals surface area contributed by atoms with Gasteiger partial charge >= 0.3 is 5.69 Å². The van der Waals surface area contributed by atoms with E-state index in [1.165, 1.54) is 0 Å². The van der Waals surface area contributed by atoms with Gasteiger partial charge in [0.05, 0.1) is 11.0 Å². The van der Waals surface area contributed by atoms with Crippen LogP contribution in [0, 0.1) is 15.9 Å². The highest BCUT2D eigenvalue weighted by Gasteiger charge is 2.18. The number of hydrogen-bond donors (Lipinski definition) is 2. The van der Waals surface area contributed by atoms with Crippen molar-refractivity contribution in [2.45, 2.75) is 19.3 Å². The van der Waals surface area contributed by atoms with E-state index in [2.05, 4.69) is 0 Å². The molecule has 0 aliphatic carbocycles. The first-order valence-electron chi connectivity index (χ1n) is 4.92. The molecule has 0 aliphatic heterocycles. The van der Waals surface area contributed by atoms with Gasteiger partial charge in [0.2, 0.25) is 0 Å². The van der Waals surface area contributed by atoms with E-state index in [9.17, 15) is 19.6 Å². The Bertz CT molecular complexity index is 396. The first-order chi connectivity index (χ1) is 7.56. The predicted molar refractivity (Wildman–Crippen MR) is 56.7 cm³/mol. The van der Waals surface area contributed by atoms with Gasteiger partial charge < -0.3 is 10.8 Å². The average Bonchev–Trinajstić information content (AvgIpc) is 2.22. The van der Waals surface area contributed by atoms with Crippen molar-refractivity contribution in [1.82, 2.24) is 0 Å². The summed E-state index contributed by atoms with van der Waals surface area (Å²) in [5.74, 6) is -1.17. The molecule has 1 aromatic carbocycles. The highest BCUT2D eigenvalue weighted by Crippen LogP contribution is 2.31. The van der Waals surface area contributed by atoms with E-state index in [0.717, 1.165) is 12.5 Å². The zero-order valence-corrected chi connectivity index (χ0v) is 8.65. The quantitative estimate of drug-likeness (QED) is 0.456. The summed E-state index contributed by atoms with van der Waals surface area (Å²) in [7, 11) is 0. The van der Waals surface area contributed by atoms with Gasteiger partial charge in [0.1, 0.15) is 5.82 Å². The molecule has 1 aromatic rings. The summed E-state index contributed by atoms with van der Waals surface area (Å²) in [6.45, 7) is 0.498. The number of phenolic OH excluding ortho intramolecular Hbond substituents is 1. The monoisotopic (exact) mass is 228 g/mol. The summed E-state index contributed by atoms with van der Waals surface area (Å²) < 4.78 is 13.0. The van der Waals surface area contributed by atoms with Crippen LogP contribution >= 0.6 is 0 Å². The fraction of sp³-hybridized carbons (Fsp3) is 0.400. The molecule has 5 nitrogen and oxygen atoms in total. The van der Waals surface area contributed by atoms with Crippen molar-refractivity contribution >= 4 is 5.69 Å². The second kappa shape index (κ2) is 5.41. The lowest BCUT2D eigenvalue weighted by atomic mass is 10.1. The van der Waals surface area contributed by atoms with E-state index in [4.69, 9.17) is 5.73 Å². The minimum Gasteiger partial charge on any atom is -0.502 e. The molecule has 16 heavy (non-hydrogen) atoms. The highest BCUT2D eigenvalue weighted by molar-refractivity contribution is 5.51. The zero-order chi connectivity index (χ0) is 12.1. The van der Waals surface area contributed by atoms with Crippen LogP contribution < -0.4 is 5.73 Å². The van der Waals surface area contributed by atoms with Crippen LogP contribution in [0.3, 0.4) is 0 Å². The van der Waals surface area contributed by atoms with Crippen LogP contribution in [0.4, 0.5) is 10.1 Å². The van der Waals surface area contributed by atoms with Gasteiger partial charge in [-0.3, -0.25) is 10.1 Å². The molecule has 0 aromatic heterocycles. The van der Waals surface area contributed by atoms with E-state index >= 15 is 0 Å². The molecule has 0 radical (unpaired) electrons. The van der Waals surface area contributed by atoms with Gasteiger partial charge in [-0.05, 0) is 31.9 Å². The summed E-state index contributed by atoms with van der Waals surface area (Å²) in [6.07, 6.45) is 1.76. The number of benzene rings is 1. The van der Waals surface area contributed by atoms with Crippen LogP contribution in [0.25, 0.3) is 0 Å². The average molecular weight is 228 g/mol. The third-order valence-corrected chi connectivity index (χ3v) is 2.23. The maximum absolute atomic E-state index is 13.0. The summed E-state index contributed by atoms with van der Waals surface area (Å²) in [6, 6.07) is 1.82. The van der Waals surface area contributed by atoms with Gasteiger partial charge in [0, 0.05) is 5.56 Å². The van der Waals surface area contributed by atoms with Gasteiger partial charge in [-0.2, -0.15) is 0 Å². The maximum Gasteiger partial charge on any atom is 0.313 e. The molecule has 6 heteroatoms. The van der Waals surface area contributed by atoms with Gasteiger partial charge in [-0.15, -0.1) is 0 Å². The largest absolute Gasteiger partial charge is 0.502 e. The number of hydrogen-bond acceptors (Lipinski definition) is 4. The zero-order valence-electron chi connectivity index (χ0n) is 8.65. The fourth-order valence-corrected chi connectivity index (χ4v) is 1.43. The molecule has 0 heterocycles. The highest BCUT2D eigenvalue weighted by atomic mass is 19.1. The molecule has 0 atom stereocenters. The molecule has 88 valence electrons. The SMILES string of the molecule is NCCCCc1cc(F)cc([N+](=O)[O-])c1O. The topological polar surface area (TPSA) is 89.4 Å². The number of phenols is 1. The summed E-state index contributed by atoms with van der Waals surface area (Å²) in [5.41, 5.74) is 4.95. The van der Waals surface area contributed by atoms with Crippen molar-refractivity contribution in [3.05, 3.63) is 33.6 Å². The van der Waals surface area contributed by atoms with E-state index in [1.54, 1.807) is 0 Å². The Morgan fingerprint density at radius 2 is 2.12 bits per heavy atom. The van der Waals surface area contributed by atoms with Crippen molar-refractivity contribution in [1.29, 1.82) is 0 Å². The van der Waals surface area contributed by atoms with Crippen molar-refractivity contribution in [2.24, 2.45) is 5.73 Å². The van der Waals surface area contributed by atoms with Crippen LogP contribution in [-0.4, -0.2) is 16.6 Å². The number of aromatic hydroxyl groups is 1. The minimum atomic E-state index is -0.801. The normalized spacial score (nSPS) is 10.4. The smallest absolute Gasteiger partial charge is 0.313 e. The molecular weight excluding hydrogens is 215 g/mol. The summed E-state index contributed by atoms with van der Waals surface area (Å²) in [5, 5.41) is 20.1. The number of unbranched alkanes of at least 4 members (excludes halogenated alkanes) is 1. The number of rotatable bonds is 5. The van der Waals surface area contributed by atoms with Crippen LogP contribution in [0.15, 0.2) is 12.1 Å². The Balaban J connectivity index is 2.95. The first-order valence-corrected chi connectivity index (χ1v) is 4.92. The number of nitro groups is 1. The fourth-order valence-electron chi connectivity index (χ4n) is 1.43. The molecule has 0 saturated heterocycles. The van der Waals surface area contributed by atoms with Gasteiger partial charge in [0.15, 0.2) is 5.75 Å². The maximum atomic E-state index is 13.0. The van der Waals surface area contributed by atoms with Gasteiger partial charge in [0.25, 0.3) is 0 Å². The third kappa shape index (κ3) is 2.90. The lowest BCUT2D eigenvalue weighted by Crippen LogP contribution is -2.00. The van der Waals surface area contributed by atoms with Crippen LogP contribution in [0.2, 0.25) is 0 Å². The molecule has 0 unspecified atom stereocenters. The molecule has 0 fully saturated rings. The first kappa shape index (κ1) is 12.4. The number of nitrogens with two attached hydrogens (primary N) is 1. The molecule has 3 N–H and O–H groups in total. The van der Waals surface area contributed by atoms with Crippen molar-refractivity contribution in [3.8, 4) is 5.75 Å². The Morgan fingerprint density at radius 3 is 2.69 bits per heavy atom. The van der Waals surface area contributed by atoms with E-state index in [-0.39, 0.29) is 5.56 Å². The standard InChI is InChI=1S/C10H13FN2O3/c11-8-5-7(3-1-2-4-12)10(14)9(6-8)13(15)16/h5-6,14H,1-4,12H2. The van der Waals surface area contributed by atoms with Crippen LogP contribution in [0.1, 0.15) is 18.4 Å². The second-order valence-corrected chi connectivity index (χ2v) is 3.44. The molecule has 1 rings (SSSR count). The molecule has 0 aliphatic rings. The second-order valence-electron chi connectivity index (χ2n) is 3.44. The number of halogens is 1. The Kier molecular flexibility index (Phi) is 4.19. The predicted octanol–water partition coefficient (Wildman–Crippen LogP) is 1.72. The van der Waals surface area contributed by atoms with E-state index in [0.29, 0.717) is 25.5 Å². The Morgan fingerprint density at radius 1 is 1.44 bits per heavy atom. The molecule has 0 bridgehead atoms. The number of nitrogens with zero attached hydrogens (tertiary/aromatic N) is 1. The van der Waals surface area contributed by atoms with Gasteiger partial charge in [-0.1, -0.05) is 0 Å². The van der Waals surface area contributed by atoms with Crippen LogP contribution in [0.5, 0.6) is 5.75 Å². The van der Waals surface area contributed by atoms with Crippen molar-refractivity contribution in [2.75, 3.05) is 6.54 Å². The lowest BCUT2D eigenvalue weighted by molar-refractivity contribution is -0.386. The summed E-state index contributed by atoms with van der Waals surface area (Å²) >= 11 is 0. The number of aryl methyl sites for hydroxylation is 1. The third-order valence-electron chi connectivity index (χ3n) is 2.23. The van der Waals surface area contributed by atoms with E-state index < -0.39 is 22.2 Å². The van der Waals surface area contributed by atoms with E-state index in [1.807, 2.05) is 0 Å². The minimum absolute atomic E-state index is 0.250. The number of nitro benzene ring substituents is 1. The van der Waals surface area contributed by atoms with Crippen molar-refractivity contribution in [3.63, 3.8) is 0 Å². The summed E-state index contributed by atoms with van der Waals surface area (Å²) in [4.78, 5) is 9.71. The molecule has 0 spiro atoms. The molecule has 0 amide bonds. The molecule has 0 saturated carbocycles.